The lowest BCUT2D eigenvalue weighted by atomic mass is 10.1. The number of rotatable bonds is 5. The second-order valence-electron chi connectivity index (χ2n) is 4.37. The summed E-state index contributed by atoms with van der Waals surface area (Å²) in [4.78, 5) is 0.843. The molecule has 0 saturated heterocycles. The molecular weight excluding hydrogens is 285 g/mol. The summed E-state index contributed by atoms with van der Waals surface area (Å²) in [7, 11) is 0. The van der Waals surface area contributed by atoms with Crippen LogP contribution >= 0.6 is 11.8 Å². The predicted octanol–water partition coefficient (Wildman–Crippen LogP) is 3.80. The quantitative estimate of drug-likeness (QED) is 0.847. The van der Waals surface area contributed by atoms with Crippen molar-refractivity contribution >= 4 is 11.8 Å². The Morgan fingerprint density at radius 1 is 0.950 bits per heavy atom. The number of aliphatic hydroxyl groups excluding tert-OH is 1. The number of hydrogen-bond donors (Lipinski definition) is 1. The number of benzene rings is 2. The molecule has 2 rings (SSSR count). The summed E-state index contributed by atoms with van der Waals surface area (Å²) in [5, 5.41) is 9.87. The van der Waals surface area contributed by atoms with Gasteiger partial charge >= 0.3 is 0 Å². The molecular formula is C15H13F3OS. The van der Waals surface area contributed by atoms with Gasteiger partial charge in [-0.2, -0.15) is 0 Å². The number of hydrogen-bond acceptors (Lipinski definition) is 2. The minimum atomic E-state index is -0.916. The molecule has 1 N–H and O–H groups in total. The van der Waals surface area contributed by atoms with Gasteiger partial charge in [0, 0.05) is 10.6 Å². The molecule has 106 valence electrons. The number of aliphatic hydroxyl groups is 1. The molecule has 1 atom stereocenters. The van der Waals surface area contributed by atoms with E-state index in [-0.39, 0.29) is 12.2 Å². The van der Waals surface area contributed by atoms with Crippen molar-refractivity contribution in [2.45, 2.75) is 17.4 Å². The van der Waals surface area contributed by atoms with Crippen LogP contribution in [0.3, 0.4) is 0 Å². The molecule has 0 amide bonds. The number of thioether (sulfide) groups is 1. The molecule has 1 unspecified atom stereocenters. The molecule has 5 heteroatoms. The summed E-state index contributed by atoms with van der Waals surface area (Å²) in [6.45, 7) is 0. The first-order chi connectivity index (χ1) is 9.54. The van der Waals surface area contributed by atoms with Crippen molar-refractivity contribution in [1.82, 2.24) is 0 Å². The van der Waals surface area contributed by atoms with Gasteiger partial charge in [0.25, 0.3) is 0 Å². The highest BCUT2D eigenvalue weighted by Crippen LogP contribution is 2.20. The minimum Gasteiger partial charge on any atom is -0.392 e. The van der Waals surface area contributed by atoms with Crippen molar-refractivity contribution in [2.24, 2.45) is 0 Å². The lowest BCUT2D eigenvalue weighted by molar-refractivity contribution is 0.200. The molecule has 0 spiro atoms. The summed E-state index contributed by atoms with van der Waals surface area (Å²) < 4.78 is 38.5. The van der Waals surface area contributed by atoms with Crippen LogP contribution in [0.1, 0.15) is 5.56 Å². The summed E-state index contributed by atoms with van der Waals surface area (Å²) in [5.74, 6) is -1.73. The maximum absolute atomic E-state index is 13.0. The largest absolute Gasteiger partial charge is 0.392 e. The van der Waals surface area contributed by atoms with Gasteiger partial charge in [-0.25, -0.2) is 13.2 Å². The average Bonchev–Trinajstić information content (AvgIpc) is 2.42. The Morgan fingerprint density at radius 3 is 2.30 bits per heavy atom. The Hall–Kier alpha value is -1.46. The van der Waals surface area contributed by atoms with Gasteiger partial charge in [0.1, 0.15) is 5.82 Å². The summed E-state index contributed by atoms with van der Waals surface area (Å²) >= 11 is 1.38. The molecule has 0 aliphatic heterocycles. The van der Waals surface area contributed by atoms with Crippen LogP contribution in [-0.2, 0) is 6.42 Å². The van der Waals surface area contributed by atoms with E-state index in [1.54, 1.807) is 12.1 Å². The van der Waals surface area contributed by atoms with Gasteiger partial charge < -0.3 is 5.11 Å². The lowest BCUT2D eigenvalue weighted by Gasteiger charge is -2.10. The molecule has 0 bridgehead atoms. The van der Waals surface area contributed by atoms with Crippen LogP contribution in [0.2, 0.25) is 0 Å². The zero-order chi connectivity index (χ0) is 14.5. The molecule has 20 heavy (non-hydrogen) atoms. The van der Waals surface area contributed by atoms with Crippen LogP contribution in [0.4, 0.5) is 13.2 Å². The maximum atomic E-state index is 13.0. The summed E-state index contributed by atoms with van der Waals surface area (Å²) in [6.07, 6.45) is -0.444. The normalized spacial score (nSPS) is 12.4. The minimum absolute atomic E-state index is 0.241. The smallest absolute Gasteiger partial charge is 0.159 e. The summed E-state index contributed by atoms with van der Waals surface area (Å²) in [6, 6.07) is 9.54. The van der Waals surface area contributed by atoms with Gasteiger partial charge in [-0.15, -0.1) is 11.8 Å². The third-order valence-electron chi connectivity index (χ3n) is 2.71. The van der Waals surface area contributed by atoms with Crippen LogP contribution in [0.15, 0.2) is 47.4 Å². The Balaban J connectivity index is 1.87. The second kappa shape index (κ2) is 6.81. The molecule has 0 aromatic heterocycles. The third-order valence-corrected chi connectivity index (χ3v) is 3.87. The van der Waals surface area contributed by atoms with E-state index < -0.39 is 17.7 Å². The fourth-order valence-electron chi connectivity index (χ4n) is 1.72. The molecule has 2 aromatic carbocycles. The molecule has 2 aromatic rings. The van der Waals surface area contributed by atoms with Crippen molar-refractivity contribution in [1.29, 1.82) is 0 Å². The van der Waals surface area contributed by atoms with Crippen LogP contribution in [0, 0.1) is 17.5 Å². The summed E-state index contributed by atoms with van der Waals surface area (Å²) in [5.41, 5.74) is 0.538. The molecule has 0 heterocycles. The van der Waals surface area contributed by atoms with Gasteiger partial charge in [0.2, 0.25) is 0 Å². The van der Waals surface area contributed by atoms with Crippen LogP contribution in [-0.4, -0.2) is 17.0 Å². The number of halogens is 3. The van der Waals surface area contributed by atoms with Crippen molar-refractivity contribution < 1.29 is 18.3 Å². The maximum Gasteiger partial charge on any atom is 0.159 e. The van der Waals surface area contributed by atoms with Gasteiger partial charge in [-0.1, -0.05) is 6.07 Å². The van der Waals surface area contributed by atoms with E-state index in [1.807, 2.05) is 0 Å². The van der Waals surface area contributed by atoms with E-state index in [4.69, 9.17) is 0 Å². The fourth-order valence-corrected chi connectivity index (χ4v) is 2.55. The van der Waals surface area contributed by atoms with Gasteiger partial charge in [0.15, 0.2) is 11.6 Å². The van der Waals surface area contributed by atoms with E-state index in [0.29, 0.717) is 11.3 Å². The highest BCUT2D eigenvalue weighted by molar-refractivity contribution is 7.99. The zero-order valence-corrected chi connectivity index (χ0v) is 11.3. The SMILES string of the molecule is OC(CSc1ccc(F)cc1)Cc1ccc(F)c(F)c1. The fraction of sp³-hybridized carbons (Fsp3) is 0.200. The van der Waals surface area contributed by atoms with E-state index in [0.717, 1.165) is 17.0 Å². The van der Waals surface area contributed by atoms with Crippen molar-refractivity contribution in [3.8, 4) is 0 Å². The topological polar surface area (TPSA) is 20.2 Å². The Bertz CT molecular complexity index is 572. The molecule has 0 aliphatic carbocycles. The van der Waals surface area contributed by atoms with Gasteiger partial charge in [0.05, 0.1) is 6.10 Å². The van der Waals surface area contributed by atoms with Crippen molar-refractivity contribution in [3.05, 3.63) is 65.5 Å². The lowest BCUT2D eigenvalue weighted by Crippen LogP contribution is -2.13. The average molecular weight is 298 g/mol. The van der Waals surface area contributed by atoms with E-state index in [1.165, 1.54) is 30.0 Å². The predicted molar refractivity (Wildman–Crippen MR) is 73.2 cm³/mol. The standard InChI is InChI=1S/C15H13F3OS/c16-11-2-4-13(5-3-11)20-9-12(19)7-10-1-6-14(17)15(18)8-10/h1-6,8,12,19H,7,9H2. The van der Waals surface area contributed by atoms with E-state index >= 15 is 0 Å². The molecule has 0 fully saturated rings. The van der Waals surface area contributed by atoms with Crippen LogP contribution in [0.25, 0.3) is 0 Å². The second-order valence-corrected chi connectivity index (χ2v) is 5.46. The Kier molecular flexibility index (Phi) is 5.09. The van der Waals surface area contributed by atoms with Crippen LogP contribution in [0.5, 0.6) is 0 Å². The molecule has 1 nitrogen and oxygen atoms in total. The molecule has 0 aliphatic rings. The van der Waals surface area contributed by atoms with Gasteiger partial charge in [-0.3, -0.25) is 0 Å². The first-order valence-corrected chi connectivity index (χ1v) is 7.03. The first kappa shape index (κ1) is 14.9. The first-order valence-electron chi connectivity index (χ1n) is 6.05. The van der Waals surface area contributed by atoms with Crippen molar-refractivity contribution in [3.63, 3.8) is 0 Å². The van der Waals surface area contributed by atoms with Gasteiger partial charge in [-0.05, 0) is 48.4 Å². The highest BCUT2D eigenvalue weighted by Gasteiger charge is 2.09. The van der Waals surface area contributed by atoms with Crippen LogP contribution < -0.4 is 0 Å². The van der Waals surface area contributed by atoms with E-state index in [9.17, 15) is 18.3 Å². The zero-order valence-electron chi connectivity index (χ0n) is 10.5. The Morgan fingerprint density at radius 2 is 1.65 bits per heavy atom. The highest BCUT2D eigenvalue weighted by atomic mass is 32.2. The Labute approximate surface area is 119 Å². The monoisotopic (exact) mass is 298 g/mol. The third kappa shape index (κ3) is 4.28. The van der Waals surface area contributed by atoms with Crippen molar-refractivity contribution in [2.75, 3.05) is 5.75 Å². The van der Waals surface area contributed by atoms with E-state index in [2.05, 4.69) is 0 Å². The molecule has 0 radical (unpaired) electrons. The molecule has 0 saturated carbocycles.